The second-order valence-electron chi connectivity index (χ2n) is 5.77. The molecule has 1 heterocycles. The number of fused-ring (bicyclic) bond motifs is 1. The minimum atomic E-state index is -0.137. The van der Waals surface area contributed by atoms with Gasteiger partial charge in [-0.1, -0.05) is 50.6 Å². The van der Waals surface area contributed by atoms with Crippen molar-refractivity contribution in [1.82, 2.24) is 0 Å². The van der Waals surface area contributed by atoms with Gasteiger partial charge in [0, 0.05) is 0 Å². The smallest absolute Gasteiger partial charge is 0.190 e. The van der Waals surface area contributed by atoms with Crippen LogP contribution in [0.25, 0.3) is 0 Å². The first kappa shape index (κ1) is 15.9. The second-order valence-corrected chi connectivity index (χ2v) is 5.77. The maximum atomic E-state index is 5.98. The van der Waals surface area contributed by atoms with E-state index in [1.54, 1.807) is 0 Å². The molecule has 0 amide bonds. The summed E-state index contributed by atoms with van der Waals surface area (Å²) in [5.41, 5.74) is 3.46. The topological polar surface area (TPSA) is 27.7 Å². The van der Waals surface area contributed by atoms with E-state index in [1.165, 1.54) is 5.56 Å². The van der Waals surface area contributed by atoms with Crippen molar-refractivity contribution < 1.29 is 14.2 Å². The molecule has 0 radical (unpaired) electrons. The molecule has 2 aromatic rings. The lowest BCUT2D eigenvalue weighted by Gasteiger charge is -2.28. The fourth-order valence-corrected chi connectivity index (χ4v) is 2.80. The van der Waals surface area contributed by atoms with Crippen molar-refractivity contribution in [1.29, 1.82) is 0 Å². The van der Waals surface area contributed by atoms with Crippen molar-refractivity contribution in [2.45, 2.75) is 39.2 Å². The molecule has 0 aromatic heterocycles. The van der Waals surface area contributed by atoms with Crippen LogP contribution in [0.5, 0.6) is 11.5 Å². The summed E-state index contributed by atoms with van der Waals surface area (Å²) in [5, 5.41) is 0. The second kappa shape index (κ2) is 7.51. The van der Waals surface area contributed by atoms with Crippen molar-refractivity contribution in [2.24, 2.45) is 0 Å². The third kappa shape index (κ3) is 3.50. The summed E-state index contributed by atoms with van der Waals surface area (Å²) >= 11 is 0. The Morgan fingerprint density at radius 1 is 1.09 bits per heavy atom. The number of unbranched alkanes of at least 4 members (excludes halogenated alkanes) is 1. The van der Waals surface area contributed by atoms with Crippen LogP contribution < -0.4 is 9.47 Å². The number of hydrogen-bond donors (Lipinski definition) is 0. The number of rotatable bonds is 6. The van der Waals surface area contributed by atoms with Crippen molar-refractivity contribution in [2.75, 3.05) is 13.4 Å². The molecule has 0 fully saturated rings. The first-order chi connectivity index (χ1) is 11.3. The van der Waals surface area contributed by atoms with Gasteiger partial charge in [0.2, 0.25) is 0 Å². The average molecular weight is 312 g/mol. The Morgan fingerprint density at radius 2 is 1.91 bits per heavy atom. The summed E-state index contributed by atoms with van der Waals surface area (Å²) in [7, 11) is 0. The van der Waals surface area contributed by atoms with E-state index in [0.717, 1.165) is 41.9 Å². The molecular weight excluding hydrogens is 288 g/mol. The normalized spacial score (nSPS) is 16.5. The predicted octanol–water partition coefficient (Wildman–Crippen LogP) is 4.88. The van der Waals surface area contributed by atoms with Crippen LogP contribution in [0.3, 0.4) is 0 Å². The van der Waals surface area contributed by atoms with Crippen LogP contribution in [-0.4, -0.2) is 13.4 Å². The Morgan fingerprint density at radius 3 is 2.65 bits per heavy atom. The summed E-state index contributed by atoms with van der Waals surface area (Å²) in [4.78, 5) is 0. The standard InChI is InChI=1S/C20H24O3/c1-3-5-13-21-17-7-6-8-18-19(17)20(23-14-22-18)16-11-9-15(4-2)10-12-16/h6-12,20H,3-5,13-14H2,1-2H3. The maximum absolute atomic E-state index is 5.98. The summed E-state index contributed by atoms with van der Waals surface area (Å²) in [5.74, 6) is 1.72. The molecule has 0 N–H and O–H groups in total. The third-order valence-corrected chi connectivity index (χ3v) is 4.18. The van der Waals surface area contributed by atoms with Gasteiger partial charge in [-0.2, -0.15) is 0 Å². The van der Waals surface area contributed by atoms with Crippen molar-refractivity contribution in [3.63, 3.8) is 0 Å². The SMILES string of the molecule is CCCCOc1cccc2c1C(c1ccc(CC)cc1)OCO2. The quantitative estimate of drug-likeness (QED) is 0.711. The van der Waals surface area contributed by atoms with Crippen LogP contribution in [0.2, 0.25) is 0 Å². The van der Waals surface area contributed by atoms with Gasteiger partial charge in [0.1, 0.15) is 17.6 Å². The lowest BCUT2D eigenvalue weighted by atomic mass is 9.97. The monoisotopic (exact) mass is 312 g/mol. The van der Waals surface area contributed by atoms with E-state index in [-0.39, 0.29) is 12.9 Å². The van der Waals surface area contributed by atoms with E-state index in [1.807, 2.05) is 18.2 Å². The summed E-state index contributed by atoms with van der Waals surface area (Å²) in [6.45, 7) is 5.31. The molecule has 0 saturated heterocycles. The fourth-order valence-electron chi connectivity index (χ4n) is 2.80. The zero-order chi connectivity index (χ0) is 16.1. The van der Waals surface area contributed by atoms with Crippen LogP contribution in [0.1, 0.15) is 49.5 Å². The number of hydrogen-bond acceptors (Lipinski definition) is 3. The molecule has 2 aromatic carbocycles. The lowest BCUT2D eigenvalue weighted by molar-refractivity contribution is -0.0433. The Hall–Kier alpha value is -2.00. The van der Waals surface area contributed by atoms with Gasteiger partial charge >= 0.3 is 0 Å². The Labute approximate surface area is 138 Å². The van der Waals surface area contributed by atoms with Crippen molar-refractivity contribution >= 4 is 0 Å². The molecule has 3 rings (SSSR count). The molecule has 0 aliphatic carbocycles. The summed E-state index contributed by atoms with van der Waals surface area (Å²) < 4.78 is 17.6. The van der Waals surface area contributed by atoms with E-state index >= 15 is 0 Å². The van der Waals surface area contributed by atoms with Crippen molar-refractivity contribution in [3.05, 3.63) is 59.2 Å². The van der Waals surface area contributed by atoms with Crippen LogP contribution in [0.15, 0.2) is 42.5 Å². The molecular formula is C20H24O3. The first-order valence-corrected chi connectivity index (χ1v) is 8.42. The van der Waals surface area contributed by atoms with Gasteiger partial charge in [0.05, 0.1) is 12.2 Å². The number of aryl methyl sites for hydroxylation is 1. The molecule has 0 saturated carbocycles. The lowest BCUT2D eigenvalue weighted by Crippen LogP contribution is -2.19. The minimum absolute atomic E-state index is 0.137. The molecule has 3 heteroatoms. The van der Waals surface area contributed by atoms with Gasteiger partial charge in [-0.25, -0.2) is 0 Å². The largest absolute Gasteiger partial charge is 0.493 e. The van der Waals surface area contributed by atoms with E-state index in [9.17, 15) is 0 Å². The molecule has 3 nitrogen and oxygen atoms in total. The van der Waals surface area contributed by atoms with Gasteiger partial charge in [0.25, 0.3) is 0 Å². The predicted molar refractivity (Wildman–Crippen MR) is 91.1 cm³/mol. The highest BCUT2D eigenvalue weighted by Gasteiger charge is 2.27. The summed E-state index contributed by atoms with van der Waals surface area (Å²) in [6.07, 6.45) is 3.06. The minimum Gasteiger partial charge on any atom is -0.493 e. The van der Waals surface area contributed by atoms with Crippen molar-refractivity contribution in [3.8, 4) is 11.5 Å². The van der Waals surface area contributed by atoms with Gasteiger partial charge in [-0.15, -0.1) is 0 Å². The Bertz CT molecular complexity index is 634. The number of ether oxygens (including phenoxy) is 3. The van der Waals surface area contributed by atoms with E-state index in [0.29, 0.717) is 6.61 Å². The zero-order valence-electron chi connectivity index (χ0n) is 13.9. The molecule has 0 spiro atoms. The fraction of sp³-hybridized carbons (Fsp3) is 0.400. The molecule has 1 unspecified atom stereocenters. The van der Waals surface area contributed by atoms with Crippen LogP contribution in [0, 0.1) is 0 Å². The maximum Gasteiger partial charge on any atom is 0.190 e. The van der Waals surface area contributed by atoms with E-state index in [4.69, 9.17) is 14.2 Å². The molecule has 1 aliphatic rings. The van der Waals surface area contributed by atoms with Crippen LogP contribution >= 0.6 is 0 Å². The molecule has 1 atom stereocenters. The average Bonchev–Trinajstić information content (AvgIpc) is 2.61. The molecule has 23 heavy (non-hydrogen) atoms. The Kier molecular flexibility index (Phi) is 5.19. The Balaban J connectivity index is 1.92. The van der Waals surface area contributed by atoms with E-state index in [2.05, 4.69) is 38.1 Å². The molecule has 122 valence electrons. The molecule has 1 aliphatic heterocycles. The van der Waals surface area contributed by atoms with Gasteiger partial charge in [-0.05, 0) is 36.1 Å². The zero-order valence-corrected chi connectivity index (χ0v) is 13.9. The van der Waals surface area contributed by atoms with Crippen LogP contribution in [-0.2, 0) is 11.2 Å². The summed E-state index contributed by atoms with van der Waals surface area (Å²) in [6, 6.07) is 14.6. The highest BCUT2D eigenvalue weighted by Crippen LogP contribution is 2.42. The first-order valence-electron chi connectivity index (χ1n) is 8.42. The van der Waals surface area contributed by atoms with E-state index < -0.39 is 0 Å². The van der Waals surface area contributed by atoms with Gasteiger partial charge < -0.3 is 14.2 Å². The highest BCUT2D eigenvalue weighted by atomic mass is 16.7. The highest BCUT2D eigenvalue weighted by molar-refractivity contribution is 5.50. The van der Waals surface area contributed by atoms with Gasteiger partial charge in [-0.3, -0.25) is 0 Å². The number of benzene rings is 2. The van der Waals surface area contributed by atoms with Gasteiger partial charge in [0.15, 0.2) is 6.79 Å². The van der Waals surface area contributed by atoms with Crippen LogP contribution in [0.4, 0.5) is 0 Å². The third-order valence-electron chi connectivity index (χ3n) is 4.18. The molecule has 0 bridgehead atoms.